The Morgan fingerprint density at radius 3 is 2.55 bits per heavy atom. The van der Waals surface area contributed by atoms with E-state index in [4.69, 9.17) is 5.73 Å². The highest BCUT2D eigenvalue weighted by Crippen LogP contribution is 2.35. The molecule has 1 aliphatic carbocycles. The molecule has 1 aliphatic rings. The van der Waals surface area contributed by atoms with Gasteiger partial charge in [0, 0.05) is 11.3 Å². The molecule has 1 aromatic carbocycles. The fourth-order valence-electron chi connectivity index (χ4n) is 2.37. The number of aryl methyl sites for hydroxylation is 1. The molecule has 0 bridgehead atoms. The van der Waals surface area contributed by atoms with E-state index in [1.54, 1.807) is 12.1 Å². The van der Waals surface area contributed by atoms with Crippen molar-refractivity contribution in [1.82, 2.24) is 0 Å². The first-order chi connectivity index (χ1) is 10.2. The second-order valence-electron chi connectivity index (χ2n) is 5.69. The lowest BCUT2D eigenvalue weighted by molar-refractivity contribution is -0.145. The molecule has 1 aromatic rings. The van der Waals surface area contributed by atoms with Crippen molar-refractivity contribution in [3.63, 3.8) is 0 Å². The summed E-state index contributed by atoms with van der Waals surface area (Å²) in [6.07, 6.45) is 2.89. The Hall–Kier alpha value is -2.76. The van der Waals surface area contributed by atoms with Crippen LogP contribution in [0.15, 0.2) is 41.6 Å². The molecule has 0 saturated heterocycles. The fraction of sp³-hybridized carbons (Fsp3) is 0.250. The van der Waals surface area contributed by atoms with Crippen molar-refractivity contribution in [3.05, 3.63) is 47.2 Å². The number of carbonyl (C=O) groups is 2. The summed E-state index contributed by atoms with van der Waals surface area (Å²) in [5, 5.41) is 21.5. The summed E-state index contributed by atoms with van der Waals surface area (Å²) in [6.45, 7) is 3.40. The van der Waals surface area contributed by atoms with Crippen LogP contribution in [0.1, 0.15) is 18.9 Å². The molecule has 6 heteroatoms. The van der Waals surface area contributed by atoms with Crippen LogP contribution in [-0.2, 0) is 9.59 Å². The number of nitrogens with one attached hydrogen (secondary N) is 1. The standard InChI is InChI=1S/C16H18N2O4/c1-9-3-4-13(12(17)5-9)18-11-6-10(14(19)20)7-16(2,8-11)15(21)22/h3-6,8,18H,7,17H2,1-2H3,(H,19,20)(H,21,22). The number of benzene rings is 1. The van der Waals surface area contributed by atoms with E-state index in [-0.39, 0.29) is 12.0 Å². The Morgan fingerprint density at radius 1 is 1.32 bits per heavy atom. The van der Waals surface area contributed by atoms with Gasteiger partial charge in [-0.15, -0.1) is 0 Å². The zero-order valence-corrected chi connectivity index (χ0v) is 12.4. The fourth-order valence-corrected chi connectivity index (χ4v) is 2.37. The number of carboxylic acids is 2. The summed E-state index contributed by atoms with van der Waals surface area (Å²) >= 11 is 0. The van der Waals surface area contributed by atoms with Gasteiger partial charge in [-0.2, -0.15) is 0 Å². The monoisotopic (exact) mass is 302 g/mol. The zero-order chi connectivity index (χ0) is 16.5. The molecular formula is C16H18N2O4. The van der Waals surface area contributed by atoms with E-state index in [9.17, 15) is 19.8 Å². The predicted molar refractivity (Wildman–Crippen MR) is 83.4 cm³/mol. The van der Waals surface area contributed by atoms with Crippen LogP contribution in [-0.4, -0.2) is 22.2 Å². The number of rotatable bonds is 4. The molecule has 0 saturated carbocycles. The highest BCUT2D eigenvalue weighted by molar-refractivity contribution is 5.91. The average Bonchev–Trinajstić information content (AvgIpc) is 2.41. The van der Waals surface area contributed by atoms with Crippen LogP contribution in [0.2, 0.25) is 0 Å². The number of nitrogen functional groups attached to an aromatic ring is 1. The van der Waals surface area contributed by atoms with Crippen molar-refractivity contribution in [1.29, 1.82) is 0 Å². The Morgan fingerprint density at radius 2 is 2.00 bits per heavy atom. The summed E-state index contributed by atoms with van der Waals surface area (Å²) in [6, 6.07) is 5.41. The van der Waals surface area contributed by atoms with Gasteiger partial charge in [0.2, 0.25) is 0 Å². The van der Waals surface area contributed by atoms with Gasteiger partial charge in [0.05, 0.1) is 16.8 Å². The van der Waals surface area contributed by atoms with Crippen molar-refractivity contribution in [2.24, 2.45) is 5.41 Å². The third-order valence-electron chi connectivity index (χ3n) is 3.61. The van der Waals surface area contributed by atoms with E-state index in [1.807, 2.05) is 13.0 Å². The van der Waals surface area contributed by atoms with Crippen LogP contribution < -0.4 is 11.1 Å². The van der Waals surface area contributed by atoms with Gasteiger partial charge >= 0.3 is 11.9 Å². The summed E-state index contributed by atoms with van der Waals surface area (Å²) in [5.74, 6) is -2.20. The number of carboxylic acid groups (broad SMARTS) is 2. The van der Waals surface area contributed by atoms with Gasteiger partial charge in [0.25, 0.3) is 0 Å². The van der Waals surface area contributed by atoms with Gasteiger partial charge < -0.3 is 21.3 Å². The molecule has 0 spiro atoms. The SMILES string of the molecule is Cc1ccc(NC2=CC(C)(C(=O)O)CC(C(=O)O)=C2)c(N)c1. The quantitative estimate of drug-likeness (QED) is 0.635. The number of allylic oxidation sites excluding steroid dienone is 1. The van der Waals surface area contributed by atoms with Crippen LogP contribution >= 0.6 is 0 Å². The van der Waals surface area contributed by atoms with Crippen molar-refractivity contribution in [3.8, 4) is 0 Å². The van der Waals surface area contributed by atoms with Gasteiger partial charge in [-0.3, -0.25) is 4.79 Å². The summed E-state index contributed by atoms with van der Waals surface area (Å²) in [5.41, 5.74) is 7.20. The number of hydrogen-bond acceptors (Lipinski definition) is 4. The normalized spacial score (nSPS) is 20.8. The highest BCUT2D eigenvalue weighted by atomic mass is 16.4. The summed E-state index contributed by atoms with van der Waals surface area (Å²) < 4.78 is 0. The molecular weight excluding hydrogens is 284 g/mol. The van der Waals surface area contributed by atoms with Crippen LogP contribution in [0.5, 0.6) is 0 Å². The third kappa shape index (κ3) is 3.11. The minimum Gasteiger partial charge on any atom is -0.481 e. The lowest BCUT2D eigenvalue weighted by atomic mass is 9.79. The van der Waals surface area contributed by atoms with E-state index in [0.29, 0.717) is 17.1 Å². The molecule has 0 heterocycles. The maximum absolute atomic E-state index is 11.4. The largest absolute Gasteiger partial charge is 0.481 e. The first-order valence-electron chi connectivity index (χ1n) is 6.74. The molecule has 0 aromatic heterocycles. The Bertz CT molecular complexity index is 706. The van der Waals surface area contributed by atoms with E-state index in [0.717, 1.165) is 5.56 Å². The summed E-state index contributed by atoms with van der Waals surface area (Å²) in [4.78, 5) is 22.7. The number of anilines is 2. The number of nitrogens with two attached hydrogens (primary N) is 1. The molecule has 116 valence electrons. The minimum absolute atomic E-state index is 0.0422. The minimum atomic E-state index is -1.27. The van der Waals surface area contributed by atoms with Crippen LogP contribution in [0, 0.1) is 12.3 Å². The van der Waals surface area contributed by atoms with E-state index >= 15 is 0 Å². The maximum atomic E-state index is 11.4. The number of hydrogen-bond donors (Lipinski definition) is 4. The zero-order valence-electron chi connectivity index (χ0n) is 12.4. The Kier molecular flexibility index (Phi) is 3.95. The molecule has 0 fully saturated rings. The van der Waals surface area contributed by atoms with Crippen molar-refractivity contribution < 1.29 is 19.8 Å². The third-order valence-corrected chi connectivity index (χ3v) is 3.61. The van der Waals surface area contributed by atoms with E-state index in [2.05, 4.69) is 5.32 Å². The van der Waals surface area contributed by atoms with Gasteiger partial charge in [-0.05, 0) is 50.1 Å². The molecule has 0 aliphatic heterocycles. The Balaban J connectivity index is 2.40. The molecule has 0 radical (unpaired) electrons. The van der Waals surface area contributed by atoms with Crippen molar-refractivity contribution in [2.75, 3.05) is 11.1 Å². The van der Waals surface area contributed by atoms with Crippen LogP contribution in [0.3, 0.4) is 0 Å². The first kappa shape index (κ1) is 15.6. The smallest absolute Gasteiger partial charge is 0.331 e. The van der Waals surface area contributed by atoms with Crippen molar-refractivity contribution >= 4 is 23.3 Å². The molecule has 2 rings (SSSR count). The molecule has 6 nitrogen and oxygen atoms in total. The lowest BCUT2D eigenvalue weighted by Crippen LogP contribution is -2.30. The Labute approximate surface area is 127 Å². The maximum Gasteiger partial charge on any atom is 0.331 e. The van der Waals surface area contributed by atoms with Gasteiger partial charge in [0.15, 0.2) is 0 Å². The second kappa shape index (κ2) is 5.55. The van der Waals surface area contributed by atoms with Gasteiger partial charge in [-0.25, -0.2) is 4.79 Å². The molecule has 1 atom stereocenters. The molecule has 22 heavy (non-hydrogen) atoms. The predicted octanol–water partition coefficient (Wildman–Crippen LogP) is 2.38. The summed E-state index contributed by atoms with van der Waals surface area (Å²) in [7, 11) is 0. The van der Waals surface area contributed by atoms with E-state index in [1.165, 1.54) is 19.1 Å². The van der Waals surface area contributed by atoms with Gasteiger partial charge in [0.1, 0.15) is 0 Å². The average molecular weight is 302 g/mol. The van der Waals surface area contributed by atoms with Gasteiger partial charge in [-0.1, -0.05) is 6.07 Å². The highest BCUT2D eigenvalue weighted by Gasteiger charge is 2.36. The number of aliphatic carboxylic acids is 2. The topological polar surface area (TPSA) is 113 Å². The first-order valence-corrected chi connectivity index (χ1v) is 6.74. The lowest BCUT2D eigenvalue weighted by Gasteiger charge is -2.27. The second-order valence-corrected chi connectivity index (χ2v) is 5.69. The van der Waals surface area contributed by atoms with Crippen LogP contribution in [0.25, 0.3) is 0 Å². The van der Waals surface area contributed by atoms with Crippen LogP contribution in [0.4, 0.5) is 11.4 Å². The van der Waals surface area contributed by atoms with E-state index < -0.39 is 17.4 Å². The molecule has 1 unspecified atom stereocenters. The molecule has 5 N–H and O–H groups in total. The molecule has 0 amide bonds. The van der Waals surface area contributed by atoms with Crippen molar-refractivity contribution in [2.45, 2.75) is 20.3 Å².